The highest BCUT2D eigenvalue weighted by Crippen LogP contribution is 2.28. The Bertz CT molecular complexity index is 320. The van der Waals surface area contributed by atoms with Crippen LogP contribution < -0.4 is 5.32 Å². The second-order valence-corrected chi connectivity index (χ2v) is 2.72. The van der Waals surface area contributed by atoms with Crippen molar-refractivity contribution in [2.45, 2.75) is 6.04 Å². The van der Waals surface area contributed by atoms with Gasteiger partial charge in [-0.1, -0.05) is 0 Å². The average molecular weight is 173 g/mol. The van der Waals surface area contributed by atoms with Gasteiger partial charge in [0.05, 0.1) is 6.04 Å². The van der Waals surface area contributed by atoms with Crippen LogP contribution in [0, 0.1) is 17.5 Å². The highest BCUT2D eigenvalue weighted by Gasteiger charge is 2.30. The molecule has 1 atom stereocenters. The highest BCUT2D eigenvalue weighted by molar-refractivity contribution is 5.27. The van der Waals surface area contributed by atoms with Crippen molar-refractivity contribution in [1.29, 1.82) is 0 Å². The molecule has 12 heavy (non-hydrogen) atoms. The van der Waals surface area contributed by atoms with Crippen LogP contribution in [0.3, 0.4) is 0 Å². The van der Waals surface area contributed by atoms with Crippen molar-refractivity contribution in [1.82, 2.24) is 5.32 Å². The molecule has 1 saturated heterocycles. The second kappa shape index (κ2) is 2.48. The van der Waals surface area contributed by atoms with Gasteiger partial charge in [0, 0.05) is 12.1 Å². The minimum Gasteiger partial charge on any atom is -0.307 e. The molecule has 2 rings (SSSR count). The zero-order valence-electron chi connectivity index (χ0n) is 6.07. The first kappa shape index (κ1) is 7.61. The summed E-state index contributed by atoms with van der Waals surface area (Å²) in [5.41, 5.74) is -0.185. The summed E-state index contributed by atoms with van der Waals surface area (Å²) in [5.74, 6) is -2.77. The summed E-state index contributed by atoms with van der Waals surface area (Å²) in [7, 11) is 0. The smallest absolute Gasteiger partial charge is 0.166 e. The number of halogens is 3. The number of hydrogen-bond donors (Lipinski definition) is 1. The van der Waals surface area contributed by atoms with Gasteiger partial charge in [0.25, 0.3) is 0 Å². The van der Waals surface area contributed by atoms with Gasteiger partial charge in [-0.25, -0.2) is 13.2 Å². The maximum absolute atomic E-state index is 12.9. The van der Waals surface area contributed by atoms with E-state index in [0.29, 0.717) is 6.54 Å². The average Bonchev–Trinajstić information content (AvgIpc) is 2.81. The van der Waals surface area contributed by atoms with Gasteiger partial charge in [-0.15, -0.1) is 0 Å². The van der Waals surface area contributed by atoms with E-state index in [-0.39, 0.29) is 11.6 Å². The molecule has 0 unspecified atom stereocenters. The monoisotopic (exact) mass is 173 g/mol. The van der Waals surface area contributed by atoms with Gasteiger partial charge in [0.2, 0.25) is 0 Å². The highest BCUT2D eigenvalue weighted by atomic mass is 19.2. The van der Waals surface area contributed by atoms with Crippen LogP contribution in [0.15, 0.2) is 12.1 Å². The molecular formula is C8H6F3N. The van der Waals surface area contributed by atoms with E-state index in [2.05, 4.69) is 5.32 Å². The molecule has 0 aliphatic carbocycles. The first-order valence-corrected chi connectivity index (χ1v) is 3.57. The van der Waals surface area contributed by atoms with E-state index in [1.807, 2.05) is 0 Å². The predicted octanol–water partition coefficient (Wildman–Crippen LogP) is 1.75. The number of rotatable bonds is 1. The first-order chi connectivity index (χ1) is 5.70. The molecule has 4 heteroatoms. The van der Waals surface area contributed by atoms with Crippen LogP contribution in [0.4, 0.5) is 13.2 Å². The van der Waals surface area contributed by atoms with Crippen molar-refractivity contribution in [3.63, 3.8) is 0 Å². The van der Waals surface area contributed by atoms with Gasteiger partial charge in [0.15, 0.2) is 11.6 Å². The molecule has 1 aromatic rings. The minimum absolute atomic E-state index is 0.185. The fourth-order valence-corrected chi connectivity index (χ4v) is 1.13. The van der Waals surface area contributed by atoms with Crippen LogP contribution in [0.25, 0.3) is 0 Å². The lowest BCUT2D eigenvalue weighted by Gasteiger charge is -2.01. The van der Waals surface area contributed by atoms with E-state index in [1.54, 1.807) is 0 Å². The summed E-state index contributed by atoms with van der Waals surface area (Å²) in [6.45, 7) is 0.511. The van der Waals surface area contributed by atoms with Crippen LogP contribution in [0.2, 0.25) is 0 Å². The van der Waals surface area contributed by atoms with E-state index in [1.165, 1.54) is 0 Å². The van der Waals surface area contributed by atoms with Crippen molar-refractivity contribution in [3.05, 3.63) is 35.1 Å². The van der Waals surface area contributed by atoms with Gasteiger partial charge >= 0.3 is 0 Å². The lowest BCUT2D eigenvalue weighted by atomic mass is 10.1. The van der Waals surface area contributed by atoms with Gasteiger partial charge in [-0.05, 0) is 12.1 Å². The Labute approximate surface area is 67.2 Å². The van der Waals surface area contributed by atoms with E-state index in [4.69, 9.17) is 0 Å². The van der Waals surface area contributed by atoms with E-state index in [0.717, 1.165) is 12.1 Å². The van der Waals surface area contributed by atoms with Crippen LogP contribution >= 0.6 is 0 Å². The molecule has 0 spiro atoms. The molecule has 1 N–H and O–H groups in total. The normalized spacial score (nSPS) is 21.1. The minimum atomic E-state index is -1.08. The van der Waals surface area contributed by atoms with Crippen molar-refractivity contribution >= 4 is 0 Å². The Balaban J connectivity index is 2.55. The molecular weight excluding hydrogens is 167 g/mol. The maximum Gasteiger partial charge on any atom is 0.166 e. The first-order valence-electron chi connectivity index (χ1n) is 3.57. The van der Waals surface area contributed by atoms with E-state index in [9.17, 15) is 13.2 Å². The third-order valence-electron chi connectivity index (χ3n) is 1.84. The molecule has 0 bridgehead atoms. The quantitative estimate of drug-likeness (QED) is 0.507. The van der Waals surface area contributed by atoms with Crippen molar-refractivity contribution in [3.8, 4) is 0 Å². The summed E-state index contributed by atoms with van der Waals surface area (Å²) in [5, 5.41) is 2.71. The topological polar surface area (TPSA) is 21.9 Å². The number of benzene rings is 1. The summed E-state index contributed by atoms with van der Waals surface area (Å²) >= 11 is 0. The Morgan fingerprint density at radius 2 is 1.75 bits per heavy atom. The zero-order chi connectivity index (χ0) is 8.72. The summed E-state index contributed by atoms with van der Waals surface area (Å²) in [6, 6.07) is 1.38. The Morgan fingerprint density at radius 3 is 2.33 bits per heavy atom. The Kier molecular flexibility index (Phi) is 1.58. The lowest BCUT2D eigenvalue weighted by molar-refractivity contribution is 0.479. The maximum atomic E-state index is 12.9. The van der Waals surface area contributed by atoms with Crippen molar-refractivity contribution in [2.24, 2.45) is 0 Å². The molecule has 1 nitrogen and oxygen atoms in total. The summed E-state index contributed by atoms with van der Waals surface area (Å²) in [6.07, 6.45) is 0. The van der Waals surface area contributed by atoms with Crippen LogP contribution in [-0.4, -0.2) is 6.54 Å². The molecule has 64 valence electrons. The van der Waals surface area contributed by atoms with Crippen LogP contribution in [0.5, 0.6) is 0 Å². The van der Waals surface area contributed by atoms with Gasteiger partial charge in [-0.2, -0.15) is 0 Å². The zero-order valence-corrected chi connectivity index (χ0v) is 6.07. The lowest BCUT2D eigenvalue weighted by Crippen LogP contribution is -1.98. The fourth-order valence-electron chi connectivity index (χ4n) is 1.13. The van der Waals surface area contributed by atoms with Gasteiger partial charge < -0.3 is 5.32 Å². The Hall–Kier alpha value is -1.03. The molecule has 0 aromatic heterocycles. The predicted molar refractivity (Wildman–Crippen MR) is 37.1 cm³/mol. The van der Waals surface area contributed by atoms with Crippen LogP contribution in [-0.2, 0) is 0 Å². The summed E-state index contributed by atoms with van der Waals surface area (Å²) < 4.78 is 38.4. The van der Waals surface area contributed by atoms with Gasteiger partial charge in [0.1, 0.15) is 5.82 Å². The van der Waals surface area contributed by atoms with Crippen molar-refractivity contribution in [2.75, 3.05) is 6.54 Å². The number of nitrogens with one attached hydrogen (secondary N) is 1. The molecule has 1 fully saturated rings. The molecule has 1 aliphatic heterocycles. The van der Waals surface area contributed by atoms with Crippen LogP contribution in [0.1, 0.15) is 11.6 Å². The van der Waals surface area contributed by atoms with Crippen molar-refractivity contribution < 1.29 is 13.2 Å². The molecule has 0 amide bonds. The standard InChI is InChI=1S/C8H6F3N/c9-4-1-2-5(10)8(11)7(4)6-3-12-6/h1-2,6,12H,3H2/t6-/m1/s1. The van der Waals surface area contributed by atoms with E-state index >= 15 is 0 Å². The Morgan fingerprint density at radius 1 is 1.17 bits per heavy atom. The van der Waals surface area contributed by atoms with E-state index < -0.39 is 17.5 Å². The SMILES string of the molecule is Fc1ccc(F)c([C@H]2CN2)c1F. The molecule has 1 heterocycles. The molecule has 0 radical (unpaired) electrons. The molecule has 1 aromatic carbocycles. The third kappa shape index (κ3) is 1.08. The fraction of sp³-hybridized carbons (Fsp3) is 0.250. The number of hydrogen-bond acceptors (Lipinski definition) is 1. The largest absolute Gasteiger partial charge is 0.307 e. The second-order valence-electron chi connectivity index (χ2n) is 2.72. The molecule has 0 saturated carbocycles. The summed E-state index contributed by atoms with van der Waals surface area (Å²) in [4.78, 5) is 0. The molecule has 1 aliphatic rings. The van der Waals surface area contributed by atoms with Gasteiger partial charge in [-0.3, -0.25) is 0 Å². The third-order valence-corrected chi connectivity index (χ3v) is 1.84.